The summed E-state index contributed by atoms with van der Waals surface area (Å²) in [6.07, 6.45) is 1.06. The molecule has 4 rings (SSSR count). The Balaban J connectivity index is 1.80. The van der Waals surface area contributed by atoms with Crippen molar-refractivity contribution in [1.82, 2.24) is 0 Å². The highest BCUT2D eigenvalue weighted by molar-refractivity contribution is 6.01. The van der Waals surface area contributed by atoms with E-state index in [9.17, 15) is 19.8 Å². The summed E-state index contributed by atoms with van der Waals surface area (Å²) in [5.74, 6) is -2.29. The molecule has 8 atom stereocenters. The Morgan fingerprint density at radius 3 is 2.69 bits per heavy atom. The number of alkyl halides is 2. The van der Waals surface area contributed by atoms with Gasteiger partial charge in [0.15, 0.2) is 17.2 Å². The standard InChI is InChI=1S/C24H32F2O6/c1-4-31-13-32-23(20(30)12-27)8-6-15-16-10-18(25)17-9-14(28)5-7-21(17,2)24(16,26)19(29)11-22(15,23)3/h5,7,9,15-16,18-19,27,29H,4,6,8,10-13H2,1-3H3/t15?,16?,18-,19?,21?,22?,23?,24-/m0/s1. The summed E-state index contributed by atoms with van der Waals surface area (Å²) in [4.78, 5) is 24.9. The van der Waals surface area contributed by atoms with E-state index in [-0.39, 0.29) is 31.6 Å². The van der Waals surface area contributed by atoms with Gasteiger partial charge < -0.3 is 19.7 Å². The summed E-state index contributed by atoms with van der Waals surface area (Å²) in [6, 6.07) is 0. The molecule has 3 fully saturated rings. The highest BCUT2D eigenvalue weighted by Gasteiger charge is 2.75. The van der Waals surface area contributed by atoms with E-state index in [1.165, 1.54) is 12.2 Å². The maximum atomic E-state index is 17.1. The van der Waals surface area contributed by atoms with Gasteiger partial charge in [0.25, 0.3) is 0 Å². The van der Waals surface area contributed by atoms with Gasteiger partial charge in [-0.25, -0.2) is 8.78 Å². The molecule has 2 N–H and O–H groups in total. The van der Waals surface area contributed by atoms with E-state index in [0.717, 1.165) is 6.08 Å². The lowest BCUT2D eigenvalue weighted by atomic mass is 9.44. The van der Waals surface area contributed by atoms with Gasteiger partial charge >= 0.3 is 0 Å². The number of fused-ring (bicyclic) bond motifs is 5. The third-order valence-corrected chi connectivity index (χ3v) is 8.94. The van der Waals surface area contributed by atoms with Gasteiger partial charge in [-0.1, -0.05) is 13.0 Å². The fourth-order valence-corrected chi connectivity index (χ4v) is 7.32. The molecule has 4 aliphatic carbocycles. The van der Waals surface area contributed by atoms with Crippen LogP contribution < -0.4 is 0 Å². The van der Waals surface area contributed by atoms with Gasteiger partial charge in [-0.05, 0) is 63.2 Å². The quantitative estimate of drug-likeness (QED) is 0.474. The zero-order chi connectivity index (χ0) is 23.5. The van der Waals surface area contributed by atoms with Gasteiger partial charge in [-0.15, -0.1) is 0 Å². The fraction of sp³-hybridized carbons (Fsp3) is 0.750. The second kappa shape index (κ2) is 7.79. The number of ketones is 2. The average Bonchev–Trinajstić information content (AvgIpc) is 3.04. The number of allylic oxidation sites excluding steroid dienone is 4. The van der Waals surface area contributed by atoms with Crippen molar-refractivity contribution in [3.8, 4) is 0 Å². The van der Waals surface area contributed by atoms with Gasteiger partial charge in [-0.3, -0.25) is 9.59 Å². The first-order valence-electron chi connectivity index (χ1n) is 11.3. The van der Waals surface area contributed by atoms with Gasteiger partial charge in [0.1, 0.15) is 25.2 Å². The predicted molar refractivity (Wildman–Crippen MR) is 111 cm³/mol. The molecule has 4 aliphatic rings. The number of halogens is 2. The Kier molecular flexibility index (Phi) is 5.76. The van der Waals surface area contributed by atoms with E-state index in [4.69, 9.17) is 9.47 Å². The lowest BCUT2D eigenvalue weighted by Gasteiger charge is -2.63. The second-order valence-electron chi connectivity index (χ2n) is 10.1. The molecule has 6 nitrogen and oxygen atoms in total. The molecular weight excluding hydrogens is 422 g/mol. The van der Waals surface area contributed by atoms with E-state index in [1.54, 1.807) is 20.8 Å². The molecule has 0 amide bonds. The molecule has 0 heterocycles. The van der Waals surface area contributed by atoms with Crippen LogP contribution in [0.5, 0.6) is 0 Å². The third-order valence-electron chi connectivity index (χ3n) is 8.94. The average molecular weight is 455 g/mol. The van der Waals surface area contributed by atoms with Crippen molar-refractivity contribution < 1.29 is 38.1 Å². The molecule has 0 aromatic carbocycles. The van der Waals surface area contributed by atoms with Gasteiger partial charge in [0.05, 0.1) is 6.10 Å². The number of hydrogen-bond acceptors (Lipinski definition) is 6. The highest BCUT2D eigenvalue weighted by atomic mass is 19.1. The van der Waals surface area contributed by atoms with Crippen molar-refractivity contribution in [3.63, 3.8) is 0 Å². The molecule has 6 unspecified atom stereocenters. The zero-order valence-corrected chi connectivity index (χ0v) is 18.8. The minimum atomic E-state index is -2.21. The van der Waals surface area contributed by atoms with Crippen LogP contribution in [-0.4, -0.2) is 65.3 Å². The number of rotatable bonds is 6. The van der Waals surface area contributed by atoms with E-state index in [1.807, 2.05) is 0 Å². The van der Waals surface area contributed by atoms with Crippen LogP contribution in [0.15, 0.2) is 23.8 Å². The first-order valence-corrected chi connectivity index (χ1v) is 11.3. The summed E-state index contributed by atoms with van der Waals surface area (Å²) in [7, 11) is 0. The lowest BCUT2D eigenvalue weighted by molar-refractivity contribution is -0.242. The zero-order valence-electron chi connectivity index (χ0n) is 18.8. The number of aliphatic hydroxyl groups excluding tert-OH is 2. The molecule has 0 radical (unpaired) electrons. The summed E-state index contributed by atoms with van der Waals surface area (Å²) in [5, 5.41) is 21.0. The summed E-state index contributed by atoms with van der Waals surface area (Å²) in [6.45, 7) is 4.53. The fourth-order valence-electron chi connectivity index (χ4n) is 7.32. The van der Waals surface area contributed by atoms with Crippen molar-refractivity contribution >= 4 is 11.6 Å². The van der Waals surface area contributed by atoms with Crippen molar-refractivity contribution in [1.29, 1.82) is 0 Å². The second-order valence-corrected chi connectivity index (χ2v) is 10.1. The molecule has 0 aliphatic heterocycles. The number of carbonyl (C=O) groups excluding carboxylic acids is 2. The Morgan fingerprint density at radius 2 is 2.03 bits per heavy atom. The largest absolute Gasteiger partial charge is 0.390 e. The lowest BCUT2D eigenvalue weighted by Crippen LogP contribution is -2.70. The van der Waals surface area contributed by atoms with Crippen LogP contribution in [0.3, 0.4) is 0 Å². The van der Waals surface area contributed by atoms with Crippen molar-refractivity contribution in [2.45, 2.75) is 70.0 Å². The normalized spacial score (nSPS) is 47.5. The van der Waals surface area contributed by atoms with Crippen LogP contribution in [0, 0.1) is 22.7 Å². The van der Waals surface area contributed by atoms with Crippen LogP contribution in [0.25, 0.3) is 0 Å². The number of ether oxygens (including phenoxy) is 2. The Morgan fingerprint density at radius 1 is 1.31 bits per heavy atom. The molecule has 0 aromatic heterocycles. The molecule has 3 saturated carbocycles. The molecule has 0 aromatic rings. The number of carbonyl (C=O) groups is 2. The molecule has 8 heteroatoms. The monoisotopic (exact) mass is 454 g/mol. The SMILES string of the molecule is CCOCOC1(C(=O)CO)CCC2C3C[C@H](F)C4=CC(=O)C=CC4(C)[C@@]3(F)C(O)CC21C. The number of aliphatic hydroxyl groups is 2. The maximum absolute atomic E-state index is 17.1. The van der Waals surface area contributed by atoms with Crippen molar-refractivity contribution in [3.05, 3.63) is 23.8 Å². The van der Waals surface area contributed by atoms with E-state index >= 15 is 8.78 Å². The Bertz CT molecular complexity index is 873. The van der Waals surface area contributed by atoms with Crippen LogP contribution in [0.4, 0.5) is 8.78 Å². The minimum Gasteiger partial charge on any atom is -0.390 e. The molecule has 178 valence electrons. The summed E-state index contributed by atoms with van der Waals surface area (Å²) >= 11 is 0. The third kappa shape index (κ3) is 2.82. The smallest absolute Gasteiger partial charge is 0.190 e. The Labute approximate surface area is 186 Å². The minimum absolute atomic E-state index is 0.0645. The van der Waals surface area contributed by atoms with Gasteiger partial charge in [0, 0.05) is 23.4 Å². The van der Waals surface area contributed by atoms with Crippen LogP contribution in [0.2, 0.25) is 0 Å². The summed E-state index contributed by atoms with van der Waals surface area (Å²) in [5.41, 5.74) is -6.08. The van der Waals surface area contributed by atoms with E-state index < -0.39 is 64.4 Å². The maximum Gasteiger partial charge on any atom is 0.190 e. The number of hydrogen-bond donors (Lipinski definition) is 2. The molecular formula is C24H32F2O6. The van der Waals surface area contributed by atoms with Crippen molar-refractivity contribution in [2.75, 3.05) is 20.0 Å². The van der Waals surface area contributed by atoms with Crippen LogP contribution in [0.1, 0.15) is 46.5 Å². The van der Waals surface area contributed by atoms with E-state index in [0.29, 0.717) is 13.0 Å². The first-order chi connectivity index (χ1) is 15.0. The van der Waals surface area contributed by atoms with Gasteiger partial charge in [0.2, 0.25) is 0 Å². The van der Waals surface area contributed by atoms with E-state index in [2.05, 4.69) is 0 Å². The summed E-state index contributed by atoms with van der Waals surface area (Å²) < 4.78 is 43.7. The Hall–Kier alpha value is -1.48. The molecule has 0 bridgehead atoms. The highest BCUT2D eigenvalue weighted by Crippen LogP contribution is 2.70. The molecule has 32 heavy (non-hydrogen) atoms. The number of Topliss-reactive ketones (excluding diaryl/α,β-unsaturated/α-hetero) is 1. The molecule has 0 saturated heterocycles. The first kappa shape index (κ1) is 23.7. The van der Waals surface area contributed by atoms with Crippen LogP contribution >= 0.6 is 0 Å². The molecule has 0 spiro atoms. The van der Waals surface area contributed by atoms with Gasteiger partial charge in [-0.2, -0.15) is 0 Å². The van der Waals surface area contributed by atoms with Crippen molar-refractivity contribution in [2.24, 2.45) is 22.7 Å². The predicted octanol–water partition coefficient (Wildman–Crippen LogP) is 2.62. The van der Waals surface area contributed by atoms with Crippen LogP contribution in [-0.2, 0) is 19.1 Å². The topological polar surface area (TPSA) is 93.1 Å².